The molecule has 2 aromatic carbocycles. The van der Waals surface area contributed by atoms with Crippen LogP contribution in [0.4, 0.5) is 8.78 Å². The van der Waals surface area contributed by atoms with Crippen molar-refractivity contribution in [1.82, 2.24) is 4.57 Å². The molecule has 106 valence electrons. The van der Waals surface area contributed by atoms with Gasteiger partial charge in [0.25, 0.3) is 5.91 Å². The number of rotatable bonds is 1. The predicted molar refractivity (Wildman–Crippen MR) is 77.0 cm³/mol. The molecule has 0 fully saturated rings. The number of fused-ring (bicyclic) bond motifs is 1. The fourth-order valence-corrected chi connectivity index (χ4v) is 3.03. The van der Waals surface area contributed by atoms with Crippen LogP contribution in [0.3, 0.4) is 0 Å². The standard InChI is InChI=1S/C15H10F2N2OS/c1-19-12-6-5-11(17)8-13(12)21-15(19)18-14(20)9-3-2-4-10(16)7-9/h2-8H,1H3. The number of hydrogen-bond acceptors (Lipinski definition) is 2. The molecular formula is C15H10F2N2OS. The summed E-state index contributed by atoms with van der Waals surface area (Å²) in [5, 5.41) is 0. The van der Waals surface area contributed by atoms with Crippen molar-refractivity contribution in [2.45, 2.75) is 0 Å². The second-order valence-electron chi connectivity index (χ2n) is 4.48. The van der Waals surface area contributed by atoms with Crippen LogP contribution < -0.4 is 4.80 Å². The first kappa shape index (κ1) is 13.6. The smallest absolute Gasteiger partial charge is 0.279 e. The Bertz CT molecular complexity index is 911. The van der Waals surface area contributed by atoms with Gasteiger partial charge in [-0.15, -0.1) is 0 Å². The molecule has 0 bridgehead atoms. The van der Waals surface area contributed by atoms with Crippen molar-refractivity contribution in [1.29, 1.82) is 0 Å². The van der Waals surface area contributed by atoms with E-state index < -0.39 is 11.7 Å². The summed E-state index contributed by atoms with van der Waals surface area (Å²) in [6.07, 6.45) is 0. The lowest BCUT2D eigenvalue weighted by Crippen LogP contribution is -2.13. The summed E-state index contributed by atoms with van der Waals surface area (Å²) in [6, 6.07) is 9.74. The third-order valence-electron chi connectivity index (χ3n) is 3.04. The molecule has 6 heteroatoms. The Kier molecular flexibility index (Phi) is 3.39. The lowest BCUT2D eigenvalue weighted by atomic mass is 10.2. The Morgan fingerprint density at radius 3 is 2.67 bits per heavy atom. The van der Waals surface area contributed by atoms with Crippen molar-refractivity contribution in [3.05, 3.63) is 64.5 Å². The van der Waals surface area contributed by atoms with Crippen LogP contribution in [0, 0.1) is 11.6 Å². The summed E-state index contributed by atoms with van der Waals surface area (Å²) >= 11 is 1.21. The maximum atomic E-state index is 13.2. The van der Waals surface area contributed by atoms with Gasteiger partial charge in [0.15, 0.2) is 4.80 Å². The molecule has 1 amide bonds. The number of aromatic nitrogens is 1. The highest BCUT2D eigenvalue weighted by Crippen LogP contribution is 2.17. The lowest BCUT2D eigenvalue weighted by Gasteiger charge is -1.96. The number of nitrogens with zero attached hydrogens (tertiary/aromatic N) is 2. The van der Waals surface area contributed by atoms with Crippen LogP contribution in [0.25, 0.3) is 10.2 Å². The minimum atomic E-state index is -0.530. The van der Waals surface area contributed by atoms with Gasteiger partial charge in [-0.1, -0.05) is 17.4 Å². The summed E-state index contributed by atoms with van der Waals surface area (Å²) in [4.78, 5) is 16.5. The minimum absolute atomic E-state index is 0.179. The van der Waals surface area contributed by atoms with Gasteiger partial charge in [-0.25, -0.2) is 8.78 Å². The van der Waals surface area contributed by atoms with Crippen LogP contribution in [0.5, 0.6) is 0 Å². The number of aryl methyl sites for hydroxylation is 1. The highest BCUT2D eigenvalue weighted by atomic mass is 32.1. The van der Waals surface area contributed by atoms with Crippen LogP contribution in [0.15, 0.2) is 47.5 Å². The first-order valence-corrected chi connectivity index (χ1v) is 6.96. The zero-order valence-electron chi connectivity index (χ0n) is 11.0. The van der Waals surface area contributed by atoms with E-state index in [4.69, 9.17) is 0 Å². The largest absolute Gasteiger partial charge is 0.319 e. The van der Waals surface area contributed by atoms with Crippen molar-refractivity contribution in [3.8, 4) is 0 Å². The van der Waals surface area contributed by atoms with E-state index in [-0.39, 0.29) is 11.4 Å². The van der Waals surface area contributed by atoms with Gasteiger partial charge in [0.2, 0.25) is 0 Å². The average molecular weight is 304 g/mol. The summed E-state index contributed by atoms with van der Waals surface area (Å²) in [6.45, 7) is 0. The van der Waals surface area contributed by atoms with Crippen molar-refractivity contribution >= 4 is 27.5 Å². The van der Waals surface area contributed by atoms with Crippen LogP contribution in [-0.4, -0.2) is 10.5 Å². The quantitative estimate of drug-likeness (QED) is 0.679. The number of amides is 1. The Balaban J connectivity index is 2.11. The zero-order valence-corrected chi connectivity index (χ0v) is 11.8. The minimum Gasteiger partial charge on any atom is -0.319 e. The van der Waals surface area contributed by atoms with Gasteiger partial charge >= 0.3 is 0 Å². The molecule has 0 radical (unpaired) electrons. The molecule has 3 nitrogen and oxygen atoms in total. The molecule has 3 rings (SSSR count). The number of carbonyl (C=O) groups excluding carboxylic acids is 1. The van der Waals surface area contributed by atoms with Crippen molar-refractivity contribution in [2.75, 3.05) is 0 Å². The summed E-state index contributed by atoms with van der Waals surface area (Å²) in [5.41, 5.74) is 0.964. The molecule has 0 saturated carbocycles. The zero-order chi connectivity index (χ0) is 15.0. The molecule has 0 unspecified atom stereocenters. The highest BCUT2D eigenvalue weighted by molar-refractivity contribution is 7.16. The summed E-state index contributed by atoms with van der Waals surface area (Å²) in [7, 11) is 1.74. The number of benzene rings is 2. The second-order valence-corrected chi connectivity index (χ2v) is 5.49. The van der Waals surface area contributed by atoms with E-state index in [2.05, 4.69) is 4.99 Å². The molecule has 21 heavy (non-hydrogen) atoms. The van der Waals surface area contributed by atoms with Crippen LogP contribution in [0.1, 0.15) is 10.4 Å². The normalized spacial score (nSPS) is 12.0. The Morgan fingerprint density at radius 2 is 1.90 bits per heavy atom. The molecule has 0 saturated heterocycles. The molecule has 3 aromatic rings. The first-order valence-electron chi connectivity index (χ1n) is 6.14. The Morgan fingerprint density at radius 1 is 1.14 bits per heavy atom. The average Bonchev–Trinajstić information content (AvgIpc) is 2.74. The fraction of sp³-hybridized carbons (Fsp3) is 0.0667. The second kappa shape index (κ2) is 5.21. The van der Waals surface area contributed by atoms with Gasteiger partial charge in [-0.3, -0.25) is 4.79 Å². The van der Waals surface area contributed by atoms with Crippen molar-refractivity contribution in [3.63, 3.8) is 0 Å². The Hall–Kier alpha value is -2.34. The lowest BCUT2D eigenvalue weighted by molar-refractivity contribution is 0.0997. The van der Waals surface area contributed by atoms with Gasteiger partial charge in [0.1, 0.15) is 11.6 Å². The SMILES string of the molecule is Cn1c(=NC(=O)c2cccc(F)c2)sc2cc(F)ccc21. The van der Waals surface area contributed by atoms with E-state index in [1.165, 1.54) is 41.7 Å². The van der Waals surface area contributed by atoms with Gasteiger partial charge in [-0.2, -0.15) is 4.99 Å². The third kappa shape index (κ3) is 2.62. The number of carbonyl (C=O) groups is 1. The van der Waals surface area contributed by atoms with E-state index >= 15 is 0 Å². The maximum Gasteiger partial charge on any atom is 0.279 e. The molecule has 0 spiro atoms. The summed E-state index contributed by atoms with van der Waals surface area (Å²) in [5.74, 6) is -1.36. The van der Waals surface area contributed by atoms with Gasteiger partial charge in [0, 0.05) is 12.6 Å². The van der Waals surface area contributed by atoms with Crippen LogP contribution >= 0.6 is 11.3 Å². The number of halogens is 2. The molecule has 1 heterocycles. The number of hydrogen-bond donors (Lipinski definition) is 0. The number of thiazole rings is 1. The van der Waals surface area contributed by atoms with Gasteiger partial charge < -0.3 is 4.57 Å². The molecule has 0 atom stereocenters. The van der Waals surface area contributed by atoms with Gasteiger partial charge in [-0.05, 0) is 36.4 Å². The van der Waals surface area contributed by atoms with Crippen molar-refractivity contribution in [2.24, 2.45) is 12.0 Å². The van der Waals surface area contributed by atoms with Gasteiger partial charge in [0.05, 0.1) is 10.2 Å². The van der Waals surface area contributed by atoms with E-state index in [0.717, 1.165) is 11.6 Å². The fourth-order valence-electron chi connectivity index (χ4n) is 1.99. The summed E-state index contributed by atoms with van der Waals surface area (Å²) < 4.78 is 28.7. The van der Waals surface area contributed by atoms with Crippen molar-refractivity contribution < 1.29 is 13.6 Å². The Labute approximate surface area is 122 Å². The van der Waals surface area contributed by atoms with E-state index in [1.807, 2.05) is 0 Å². The van der Waals surface area contributed by atoms with E-state index in [9.17, 15) is 13.6 Å². The molecule has 0 N–H and O–H groups in total. The molecule has 0 aliphatic rings. The predicted octanol–water partition coefficient (Wildman–Crippen LogP) is 3.26. The molecule has 0 aliphatic carbocycles. The third-order valence-corrected chi connectivity index (χ3v) is 4.13. The van der Waals surface area contributed by atoms with E-state index in [1.54, 1.807) is 17.7 Å². The maximum absolute atomic E-state index is 13.2. The monoisotopic (exact) mass is 304 g/mol. The highest BCUT2D eigenvalue weighted by Gasteiger charge is 2.08. The molecule has 1 aromatic heterocycles. The van der Waals surface area contributed by atoms with Crippen LogP contribution in [-0.2, 0) is 7.05 Å². The van der Waals surface area contributed by atoms with Crippen LogP contribution in [0.2, 0.25) is 0 Å². The molecule has 0 aliphatic heterocycles. The topological polar surface area (TPSA) is 34.4 Å². The first-order chi connectivity index (χ1) is 10.0. The molecular weight excluding hydrogens is 294 g/mol. The van der Waals surface area contributed by atoms with E-state index in [0.29, 0.717) is 9.50 Å².